The average Bonchev–Trinajstić information content (AvgIpc) is 2.86. The molecule has 21 heavy (non-hydrogen) atoms. The summed E-state index contributed by atoms with van der Waals surface area (Å²) in [6, 6.07) is 5.43. The molecule has 1 aromatic heterocycles. The molecule has 0 unspecified atom stereocenters. The summed E-state index contributed by atoms with van der Waals surface area (Å²) in [4.78, 5) is 15.2. The Balaban J connectivity index is 2.39. The predicted octanol–water partition coefficient (Wildman–Crippen LogP) is 2.58. The maximum absolute atomic E-state index is 11.1. The van der Waals surface area contributed by atoms with E-state index in [1.807, 2.05) is 13.0 Å². The van der Waals surface area contributed by atoms with Crippen molar-refractivity contribution < 1.29 is 19.4 Å². The van der Waals surface area contributed by atoms with Gasteiger partial charge in [0.15, 0.2) is 11.5 Å². The summed E-state index contributed by atoms with van der Waals surface area (Å²) in [6.07, 6.45) is 2.25. The second-order valence-electron chi connectivity index (χ2n) is 4.55. The molecule has 6 nitrogen and oxygen atoms in total. The molecule has 0 bridgehead atoms. The minimum Gasteiger partial charge on any atom is -0.493 e. The Hall–Kier alpha value is -2.50. The lowest BCUT2D eigenvalue weighted by Gasteiger charge is -2.11. The number of carbonyl (C=O) groups is 1. The van der Waals surface area contributed by atoms with Crippen molar-refractivity contribution in [1.82, 2.24) is 9.55 Å². The minimum atomic E-state index is -1.01. The van der Waals surface area contributed by atoms with Crippen LogP contribution in [0, 0.1) is 0 Å². The van der Waals surface area contributed by atoms with Crippen molar-refractivity contribution in [2.24, 2.45) is 7.05 Å². The monoisotopic (exact) mass is 290 g/mol. The van der Waals surface area contributed by atoms with Crippen LogP contribution in [-0.2, 0) is 7.05 Å². The number of hydrogen-bond acceptors (Lipinski definition) is 4. The van der Waals surface area contributed by atoms with E-state index in [4.69, 9.17) is 14.6 Å². The molecule has 112 valence electrons. The van der Waals surface area contributed by atoms with Crippen molar-refractivity contribution >= 4 is 5.97 Å². The Bertz CT molecular complexity index is 649. The molecule has 0 radical (unpaired) electrons. The summed E-state index contributed by atoms with van der Waals surface area (Å²) in [5, 5.41) is 9.06. The van der Waals surface area contributed by atoms with E-state index in [-0.39, 0.29) is 5.69 Å². The molecule has 0 spiro atoms. The van der Waals surface area contributed by atoms with E-state index < -0.39 is 5.97 Å². The van der Waals surface area contributed by atoms with E-state index in [0.29, 0.717) is 23.9 Å². The van der Waals surface area contributed by atoms with E-state index in [2.05, 4.69) is 4.98 Å². The Morgan fingerprint density at radius 3 is 2.71 bits per heavy atom. The molecule has 0 fully saturated rings. The van der Waals surface area contributed by atoms with Gasteiger partial charge in [-0.3, -0.25) is 0 Å². The number of hydrogen-bond donors (Lipinski definition) is 1. The first-order valence-electron chi connectivity index (χ1n) is 6.64. The van der Waals surface area contributed by atoms with E-state index in [1.54, 1.807) is 26.3 Å². The Morgan fingerprint density at radius 2 is 2.14 bits per heavy atom. The molecule has 0 saturated carbocycles. The Kier molecular flexibility index (Phi) is 4.47. The molecule has 2 rings (SSSR count). The molecule has 1 heterocycles. The molecule has 0 aliphatic carbocycles. The predicted molar refractivity (Wildman–Crippen MR) is 77.9 cm³/mol. The van der Waals surface area contributed by atoms with Crippen LogP contribution in [0.5, 0.6) is 11.5 Å². The van der Waals surface area contributed by atoms with Gasteiger partial charge in [-0.15, -0.1) is 0 Å². The van der Waals surface area contributed by atoms with Gasteiger partial charge in [0.05, 0.1) is 19.9 Å². The number of aromatic nitrogens is 2. The number of methoxy groups -OCH3 is 1. The van der Waals surface area contributed by atoms with Crippen LogP contribution in [0.3, 0.4) is 0 Å². The topological polar surface area (TPSA) is 73.6 Å². The van der Waals surface area contributed by atoms with E-state index in [1.165, 1.54) is 10.8 Å². The van der Waals surface area contributed by atoms with Gasteiger partial charge in [0.25, 0.3) is 0 Å². The van der Waals surface area contributed by atoms with Gasteiger partial charge in [-0.25, -0.2) is 9.78 Å². The second-order valence-corrected chi connectivity index (χ2v) is 4.55. The molecule has 1 aromatic carbocycles. The molecule has 0 amide bonds. The number of aromatic carboxylic acids is 1. The summed E-state index contributed by atoms with van der Waals surface area (Å²) in [5.74, 6) is 0.815. The SMILES string of the molecule is CCCOc1ccc(-c2ncc(C(=O)O)n2C)cc1OC. The molecule has 0 atom stereocenters. The van der Waals surface area contributed by atoms with E-state index in [0.717, 1.165) is 12.0 Å². The lowest BCUT2D eigenvalue weighted by Crippen LogP contribution is -2.05. The second kappa shape index (κ2) is 6.30. The standard InChI is InChI=1S/C15H18N2O4/c1-4-7-21-12-6-5-10(8-13(12)20-3)14-16-9-11(15(18)19)17(14)2/h5-6,8-9H,4,7H2,1-3H3,(H,18,19). The fraction of sp³-hybridized carbons (Fsp3) is 0.333. The minimum absolute atomic E-state index is 0.135. The molecule has 0 aliphatic rings. The quantitative estimate of drug-likeness (QED) is 0.885. The third-order valence-corrected chi connectivity index (χ3v) is 3.09. The van der Waals surface area contributed by atoms with Gasteiger partial charge in [0, 0.05) is 12.6 Å². The number of benzene rings is 1. The van der Waals surface area contributed by atoms with Crippen molar-refractivity contribution in [2.45, 2.75) is 13.3 Å². The first kappa shape index (κ1) is 14.9. The number of nitrogens with zero attached hydrogens (tertiary/aromatic N) is 2. The van der Waals surface area contributed by atoms with E-state index in [9.17, 15) is 4.79 Å². The highest BCUT2D eigenvalue weighted by atomic mass is 16.5. The summed E-state index contributed by atoms with van der Waals surface area (Å²) in [6.45, 7) is 2.64. The normalized spacial score (nSPS) is 10.4. The zero-order valence-electron chi connectivity index (χ0n) is 12.3. The van der Waals surface area contributed by atoms with Crippen LogP contribution in [0.1, 0.15) is 23.8 Å². The molecule has 0 saturated heterocycles. The number of carboxylic acids is 1. The van der Waals surface area contributed by atoms with Crippen LogP contribution in [0.2, 0.25) is 0 Å². The molecule has 6 heteroatoms. The molecule has 0 aliphatic heterocycles. The van der Waals surface area contributed by atoms with Crippen LogP contribution in [0.15, 0.2) is 24.4 Å². The first-order chi connectivity index (χ1) is 10.1. The maximum atomic E-state index is 11.1. The molecule has 2 aromatic rings. The molecular formula is C15H18N2O4. The Labute approximate surface area is 122 Å². The van der Waals surface area contributed by atoms with Crippen LogP contribution in [0.4, 0.5) is 0 Å². The summed E-state index contributed by atoms with van der Waals surface area (Å²) >= 11 is 0. The largest absolute Gasteiger partial charge is 0.493 e. The first-order valence-corrected chi connectivity index (χ1v) is 6.64. The van der Waals surface area contributed by atoms with Crippen molar-refractivity contribution in [3.8, 4) is 22.9 Å². The summed E-state index contributed by atoms with van der Waals surface area (Å²) in [7, 11) is 3.23. The van der Waals surface area contributed by atoms with Crippen molar-refractivity contribution in [2.75, 3.05) is 13.7 Å². The summed E-state index contributed by atoms with van der Waals surface area (Å²) in [5.41, 5.74) is 0.904. The van der Waals surface area contributed by atoms with Gasteiger partial charge >= 0.3 is 5.97 Å². The lowest BCUT2D eigenvalue weighted by atomic mass is 10.2. The van der Waals surface area contributed by atoms with Crippen LogP contribution >= 0.6 is 0 Å². The molecular weight excluding hydrogens is 272 g/mol. The lowest BCUT2D eigenvalue weighted by molar-refractivity contribution is 0.0686. The van der Waals surface area contributed by atoms with Crippen LogP contribution in [0.25, 0.3) is 11.4 Å². The van der Waals surface area contributed by atoms with Gasteiger partial charge in [-0.1, -0.05) is 6.92 Å². The molecule has 1 N–H and O–H groups in total. The fourth-order valence-corrected chi connectivity index (χ4v) is 2.01. The van der Waals surface area contributed by atoms with Crippen molar-refractivity contribution in [3.63, 3.8) is 0 Å². The smallest absolute Gasteiger partial charge is 0.354 e. The van der Waals surface area contributed by atoms with Gasteiger partial charge in [-0.2, -0.15) is 0 Å². The zero-order chi connectivity index (χ0) is 15.4. The maximum Gasteiger partial charge on any atom is 0.354 e. The van der Waals surface area contributed by atoms with Crippen LogP contribution in [-0.4, -0.2) is 34.3 Å². The van der Waals surface area contributed by atoms with Gasteiger partial charge in [-0.05, 0) is 24.6 Å². The van der Waals surface area contributed by atoms with Gasteiger partial charge in [0.1, 0.15) is 11.5 Å². The van der Waals surface area contributed by atoms with Crippen molar-refractivity contribution in [3.05, 3.63) is 30.1 Å². The number of imidazole rings is 1. The fourth-order valence-electron chi connectivity index (χ4n) is 2.01. The average molecular weight is 290 g/mol. The third kappa shape index (κ3) is 2.99. The number of ether oxygens (including phenoxy) is 2. The Morgan fingerprint density at radius 1 is 1.38 bits per heavy atom. The zero-order valence-corrected chi connectivity index (χ0v) is 12.3. The van der Waals surface area contributed by atoms with Gasteiger partial charge < -0.3 is 19.1 Å². The van der Waals surface area contributed by atoms with E-state index >= 15 is 0 Å². The van der Waals surface area contributed by atoms with Crippen molar-refractivity contribution in [1.29, 1.82) is 0 Å². The number of carboxylic acid groups (broad SMARTS) is 1. The number of rotatable bonds is 6. The highest BCUT2D eigenvalue weighted by Crippen LogP contribution is 2.32. The summed E-state index contributed by atoms with van der Waals surface area (Å²) < 4.78 is 12.4. The highest BCUT2D eigenvalue weighted by Gasteiger charge is 2.15. The highest BCUT2D eigenvalue weighted by molar-refractivity contribution is 5.86. The van der Waals surface area contributed by atoms with Gasteiger partial charge in [0.2, 0.25) is 0 Å². The third-order valence-electron chi connectivity index (χ3n) is 3.09. The van der Waals surface area contributed by atoms with Crippen LogP contribution < -0.4 is 9.47 Å².